The minimum Gasteiger partial charge on any atom is -0.381 e. The summed E-state index contributed by atoms with van der Waals surface area (Å²) in [6.07, 6.45) is -4.26. The Labute approximate surface area is 50.7 Å². The Hall–Kier alpha value is -0.290. The molecular formula is C4H8F3NO. The molecule has 0 heterocycles. The summed E-state index contributed by atoms with van der Waals surface area (Å²) >= 11 is 0. The molecule has 9 heavy (non-hydrogen) atoms. The van der Waals surface area contributed by atoms with E-state index in [0.29, 0.717) is 0 Å². The second-order valence-corrected chi connectivity index (χ2v) is 1.63. The van der Waals surface area contributed by atoms with Gasteiger partial charge in [0.25, 0.3) is 0 Å². The van der Waals surface area contributed by atoms with E-state index >= 15 is 0 Å². The van der Waals surface area contributed by atoms with Crippen molar-refractivity contribution in [3.63, 3.8) is 0 Å². The molecule has 56 valence electrons. The van der Waals surface area contributed by atoms with Gasteiger partial charge in [-0.2, -0.15) is 13.2 Å². The van der Waals surface area contributed by atoms with Crippen molar-refractivity contribution in [3.05, 3.63) is 0 Å². The van der Waals surface area contributed by atoms with E-state index in [-0.39, 0.29) is 0 Å². The van der Waals surface area contributed by atoms with E-state index in [1.807, 2.05) is 5.32 Å². The van der Waals surface area contributed by atoms with E-state index in [1.54, 1.807) is 0 Å². The first-order chi connectivity index (χ1) is 3.98. The molecule has 0 aromatic heterocycles. The number of rotatable bonds is 2. The maximum atomic E-state index is 11.5. The third-order valence-electron chi connectivity index (χ3n) is 0.888. The molecule has 5 heteroatoms. The Morgan fingerprint density at radius 3 is 2.11 bits per heavy atom. The fourth-order valence-corrected chi connectivity index (χ4v) is 0.253. The van der Waals surface area contributed by atoms with E-state index in [0.717, 1.165) is 6.92 Å². The highest BCUT2D eigenvalue weighted by atomic mass is 19.4. The fraction of sp³-hybridized carbons (Fsp3) is 1.00. The van der Waals surface area contributed by atoms with Crippen LogP contribution in [0.25, 0.3) is 0 Å². The molecule has 0 aliphatic heterocycles. The lowest BCUT2D eigenvalue weighted by Crippen LogP contribution is -2.39. The van der Waals surface area contributed by atoms with E-state index < -0.39 is 18.9 Å². The topological polar surface area (TPSA) is 32.3 Å². The first-order valence-corrected chi connectivity index (χ1v) is 2.39. The summed E-state index contributed by atoms with van der Waals surface area (Å²) in [6.45, 7) is 0.289. The zero-order chi connectivity index (χ0) is 7.49. The third-order valence-corrected chi connectivity index (χ3v) is 0.888. The van der Waals surface area contributed by atoms with Crippen molar-refractivity contribution in [2.24, 2.45) is 0 Å². The monoisotopic (exact) mass is 143 g/mol. The molecule has 0 aromatic rings. The summed E-state index contributed by atoms with van der Waals surface area (Å²) in [5.74, 6) is 0. The van der Waals surface area contributed by atoms with Gasteiger partial charge in [-0.25, -0.2) is 0 Å². The lowest BCUT2D eigenvalue weighted by atomic mass is 10.3. The highest BCUT2D eigenvalue weighted by molar-refractivity contribution is 4.66. The summed E-state index contributed by atoms with van der Waals surface area (Å²) in [4.78, 5) is 0. The molecule has 0 aromatic carbocycles. The second kappa shape index (κ2) is 3.03. The van der Waals surface area contributed by atoms with Crippen LogP contribution >= 0.6 is 0 Å². The molecule has 0 saturated carbocycles. The van der Waals surface area contributed by atoms with Crippen LogP contribution in [0.1, 0.15) is 6.92 Å². The van der Waals surface area contributed by atoms with Crippen LogP contribution in [-0.4, -0.2) is 24.1 Å². The third kappa shape index (κ3) is 3.31. The Morgan fingerprint density at radius 1 is 1.56 bits per heavy atom. The number of aliphatic hydroxyl groups is 1. The summed E-state index contributed by atoms with van der Waals surface area (Å²) < 4.78 is 34.4. The zero-order valence-electron chi connectivity index (χ0n) is 4.87. The van der Waals surface area contributed by atoms with Gasteiger partial charge in [0.2, 0.25) is 0 Å². The number of aliphatic hydroxyl groups excluding tert-OH is 1. The predicted octanol–water partition coefficient (Wildman–Crippen LogP) is 0.477. The standard InChI is InChI=1S/C4H8F3NO/c1-3(8-2-9)4(5,6)7/h3,8-9H,2H2,1H3. The number of alkyl halides is 3. The molecule has 0 aliphatic carbocycles. The van der Waals surface area contributed by atoms with Crippen LogP contribution < -0.4 is 5.32 Å². The first kappa shape index (κ1) is 8.71. The Bertz CT molecular complexity index is 82.4. The maximum absolute atomic E-state index is 11.5. The van der Waals surface area contributed by atoms with Crippen LogP contribution in [0.3, 0.4) is 0 Å². The molecule has 0 spiro atoms. The molecule has 0 radical (unpaired) electrons. The highest BCUT2D eigenvalue weighted by Gasteiger charge is 2.35. The number of hydrogen-bond donors (Lipinski definition) is 2. The van der Waals surface area contributed by atoms with Crippen molar-refractivity contribution in [3.8, 4) is 0 Å². The van der Waals surface area contributed by atoms with Gasteiger partial charge in [0.15, 0.2) is 0 Å². The van der Waals surface area contributed by atoms with Crippen LogP contribution in [0, 0.1) is 0 Å². The normalized spacial score (nSPS) is 15.7. The minimum atomic E-state index is -4.26. The van der Waals surface area contributed by atoms with Gasteiger partial charge >= 0.3 is 6.18 Å². The second-order valence-electron chi connectivity index (χ2n) is 1.63. The number of hydrogen-bond acceptors (Lipinski definition) is 2. The lowest BCUT2D eigenvalue weighted by molar-refractivity contribution is -0.154. The van der Waals surface area contributed by atoms with Crippen LogP contribution in [-0.2, 0) is 0 Å². The fourth-order valence-electron chi connectivity index (χ4n) is 0.253. The SMILES string of the molecule is CC(NCO)C(F)(F)F. The van der Waals surface area contributed by atoms with E-state index in [1.165, 1.54) is 0 Å². The van der Waals surface area contributed by atoms with E-state index in [2.05, 4.69) is 0 Å². The maximum Gasteiger partial charge on any atom is 0.403 e. The molecule has 0 amide bonds. The molecule has 2 nitrogen and oxygen atoms in total. The smallest absolute Gasteiger partial charge is 0.381 e. The van der Waals surface area contributed by atoms with Gasteiger partial charge in [0, 0.05) is 0 Å². The Morgan fingerprint density at radius 2 is 2.00 bits per heavy atom. The average molecular weight is 143 g/mol. The predicted molar refractivity (Wildman–Crippen MR) is 25.7 cm³/mol. The van der Waals surface area contributed by atoms with Gasteiger partial charge in [0.05, 0.1) is 6.73 Å². The minimum absolute atomic E-state index is 0.652. The quantitative estimate of drug-likeness (QED) is 0.551. The number of nitrogens with one attached hydrogen (secondary N) is 1. The lowest BCUT2D eigenvalue weighted by Gasteiger charge is -2.14. The highest BCUT2D eigenvalue weighted by Crippen LogP contribution is 2.18. The summed E-state index contributed by atoms with van der Waals surface area (Å²) in [7, 11) is 0. The molecular weight excluding hydrogens is 135 g/mol. The van der Waals surface area contributed by atoms with Gasteiger partial charge in [-0.3, -0.25) is 5.32 Å². The van der Waals surface area contributed by atoms with Crippen molar-refractivity contribution in [1.82, 2.24) is 5.32 Å². The Kier molecular flexibility index (Phi) is 2.93. The summed E-state index contributed by atoms with van der Waals surface area (Å²) in [6, 6.07) is -1.64. The first-order valence-electron chi connectivity index (χ1n) is 2.39. The van der Waals surface area contributed by atoms with Crippen molar-refractivity contribution < 1.29 is 18.3 Å². The van der Waals surface area contributed by atoms with Crippen molar-refractivity contribution >= 4 is 0 Å². The van der Waals surface area contributed by atoms with Gasteiger partial charge in [0.1, 0.15) is 6.04 Å². The molecule has 0 bridgehead atoms. The summed E-state index contributed by atoms with van der Waals surface area (Å²) in [5, 5.41) is 9.80. The number of halogens is 3. The van der Waals surface area contributed by atoms with Crippen LogP contribution in [0.15, 0.2) is 0 Å². The van der Waals surface area contributed by atoms with Gasteiger partial charge in [-0.1, -0.05) is 0 Å². The molecule has 0 rings (SSSR count). The van der Waals surface area contributed by atoms with Crippen molar-refractivity contribution in [2.75, 3.05) is 6.73 Å². The van der Waals surface area contributed by atoms with Crippen LogP contribution in [0.2, 0.25) is 0 Å². The Balaban J connectivity index is 3.59. The molecule has 0 aliphatic rings. The van der Waals surface area contributed by atoms with Gasteiger partial charge in [-0.15, -0.1) is 0 Å². The van der Waals surface area contributed by atoms with E-state index in [9.17, 15) is 13.2 Å². The van der Waals surface area contributed by atoms with Crippen molar-refractivity contribution in [2.45, 2.75) is 19.1 Å². The molecule has 1 atom stereocenters. The summed E-state index contributed by atoms with van der Waals surface area (Å²) in [5.41, 5.74) is 0. The van der Waals surface area contributed by atoms with Gasteiger partial charge < -0.3 is 5.11 Å². The zero-order valence-corrected chi connectivity index (χ0v) is 4.87. The van der Waals surface area contributed by atoms with Crippen LogP contribution in [0.4, 0.5) is 13.2 Å². The van der Waals surface area contributed by atoms with Crippen molar-refractivity contribution in [1.29, 1.82) is 0 Å². The van der Waals surface area contributed by atoms with E-state index in [4.69, 9.17) is 5.11 Å². The largest absolute Gasteiger partial charge is 0.403 e. The molecule has 0 saturated heterocycles. The van der Waals surface area contributed by atoms with Gasteiger partial charge in [-0.05, 0) is 6.92 Å². The molecule has 0 fully saturated rings. The molecule has 2 N–H and O–H groups in total. The molecule has 1 unspecified atom stereocenters. The van der Waals surface area contributed by atoms with Crippen LogP contribution in [0.5, 0.6) is 0 Å². The average Bonchev–Trinajstić information content (AvgIpc) is 1.64.